The Hall–Kier alpha value is -1.89. The summed E-state index contributed by atoms with van der Waals surface area (Å²) in [5.74, 6) is -0.113. The minimum absolute atomic E-state index is 0.102. The maximum atomic E-state index is 14.5. The molecule has 0 saturated carbocycles. The Morgan fingerprint density at radius 3 is 2.85 bits per heavy atom. The second-order valence-electron chi connectivity index (χ2n) is 7.21. The lowest BCUT2D eigenvalue weighted by Gasteiger charge is -2.32. The molecular weight excluding hydrogens is 361 g/mol. The van der Waals surface area contributed by atoms with Gasteiger partial charge in [0.1, 0.15) is 5.82 Å². The van der Waals surface area contributed by atoms with E-state index in [2.05, 4.69) is 17.1 Å². The van der Waals surface area contributed by atoms with Crippen molar-refractivity contribution in [1.29, 1.82) is 0 Å². The predicted molar refractivity (Wildman–Crippen MR) is 107 cm³/mol. The summed E-state index contributed by atoms with van der Waals surface area (Å²) in [7, 11) is 0. The summed E-state index contributed by atoms with van der Waals surface area (Å²) in [6, 6.07) is 13.6. The summed E-state index contributed by atoms with van der Waals surface area (Å²) in [6.45, 7) is 5.87. The van der Waals surface area contributed by atoms with Gasteiger partial charge < -0.3 is 10.2 Å². The zero-order valence-electron chi connectivity index (χ0n) is 15.5. The number of carbonyl (C=O) groups excluding carboxylic acids is 1. The summed E-state index contributed by atoms with van der Waals surface area (Å²) in [5, 5.41) is 3.40. The molecule has 1 fully saturated rings. The molecule has 2 aromatic rings. The molecule has 2 heterocycles. The van der Waals surface area contributed by atoms with Crippen LogP contribution in [0.3, 0.4) is 0 Å². The molecule has 27 heavy (non-hydrogen) atoms. The molecule has 0 bridgehead atoms. The molecular formula is C21H24FN3OS. The second-order valence-corrected chi connectivity index (χ2v) is 8.33. The minimum atomic E-state index is -0.215. The number of carbonyl (C=O) groups is 1. The molecule has 0 unspecified atom stereocenters. The standard InChI is InChI=1S/C21H24FN3OS/c1-15-13-24(10-8-23-15)14-21(26)25-9-7-16-11-18(22)20(12-19(16)25)27-17-5-3-2-4-6-17/h2-6,11-12,15,23H,7-10,13-14H2,1H3/t15-/m1/s1. The van der Waals surface area contributed by atoms with Crippen LogP contribution >= 0.6 is 11.8 Å². The Morgan fingerprint density at radius 1 is 1.26 bits per heavy atom. The third-order valence-electron chi connectivity index (χ3n) is 5.11. The van der Waals surface area contributed by atoms with E-state index in [0.29, 0.717) is 30.4 Å². The fourth-order valence-corrected chi connectivity index (χ4v) is 4.65. The van der Waals surface area contributed by atoms with Gasteiger partial charge in [-0.2, -0.15) is 0 Å². The normalized spacial score (nSPS) is 19.9. The molecule has 4 nitrogen and oxygen atoms in total. The fourth-order valence-electron chi connectivity index (χ4n) is 3.77. The quantitative estimate of drug-likeness (QED) is 0.877. The Morgan fingerprint density at radius 2 is 2.07 bits per heavy atom. The van der Waals surface area contributed by atoms with Gasteiger partial charge in [0.2, 0.25) is 5.91 Å². The smallest absolute Gasteiger partial charge is 0.241 e. The number of fused-ring (bicyclic) bond motifs is 1. The Bertz CT molecular complexity index is 830. The van der Waals surface area contributed by atoms with Crippen molar-refractivity contribution in [3.05, 3.63) is 53.8 Å². The number of rotatable bonds is 4. The lowest BCUT2D eigenvalue weighted by molar-refractivity contribution is -0.119. The van der Waals surface area contributed by atoms with Crippen LogP contribution < -0.4 is 10.2 Å². The molecule has 2 aromatic carbocycles. The topological polar surface area (TPSA) is 35.6 Å². The van der Waals surface area contributed by atoms with Gasteiger partial charge in [-0.1, -0.05) is 30.0 Å². The van der Waals surface area contributed by atoms with E-state index in [9.17, 15) is 9.18 Å². The fraction of sp³-hybridized carbons (Fsp3) is 0.381. The summed E-state index contributed by atoms with van der Waals surface area (Å²) in [6.07, 6.45) is 0.715. The van der Waals surface area contributed by atoms with Crippen LogP contribution in [-0.2, 0) is 11.2 Å². The Balaban J connectivity index is 1.52. The van der Waals surface area contributed by atoms with Crippen LogP contribution in [0.5, 0.6) is 0 Å². The molecule has 0 aromatic heterocycles. The number of amides is 1. The molecule has 6 heteroatoms. The zero-order valence-corrected chi connectivity index (χ0v) is 16.3. The van der Waals surface area contributed by atoms with Crippen LogP contribution in [0, 0.1) is 5.82 Å². The van der Waals surface area contributed by atoms with Gasteiger partial charge in [0, 0.05) is 42.8 Å². The van der Waals surface area contributed by atoms with E-state index in [4.69, 9.17) is 0 Å². The molecule has 1 amide bonds. The molecule has 2 aliphatic rings. The zero-order chi connectivity index (χ0) is 18.8. The van der Waals surface area contributed by atoms with Crippen LogP contribution in [0.2, 0.25) is 0 Å². The van der Waals surface area contributed by atoms with Gasteiger partial charge >= 0.3 is 0 Å². The van der Waals surface area contributed by atoms with Crippen LogP contribution in [-0.4, -0.2) is 49.6 Å². The van der Waals surface area contributed by atoms with Gasteiger partial charge in [0.05, 0.1) is 11.4 Å². The van der Waals surface area contributed by atoms with E-state index in [1.165, 1.54) is 11.8 Å². The molecule has 4 rings (SSSR count). The monoisotopic (exact) mass is 385 g/mol. The van der Waals surface area contributed by atoms with E-state index < -0.39 is 0 Å². The third kappa shape index (κ3) is 4.18. The first-order chi connectivity index (χ1) is 13.1. The first-order valence-corrected chi connectivity index (χ1v) is 10.2. The predicted octanol–water partition coefficient (Wildman–Crippen LogP) is 3.16. The largest absolute Gasteiger partial charge is 0.312 e. The van der Waals surface area contributed by atoms with Crippen LogP contribution in [0.4, 0.5) is 10.1 Å². The van der Waals surface area contributed by atoms with Crippen LogP contribution in [0.25, 0.3) is 0 Å². The molecule has 2 aliphatic heterocycles. The summed E-state index contributed by atoms with van der Waals surface area (Å²) in [5.41, 5.74) is 1.79. The lowest BCUT2D eigenvalue weighted by atomic mass is 10.1. The average molecular weight is 386 g/mol. The summed E-state index contributed by atoms with van der Waals surface area (Å²) < 4.78 is 14.5. The van der Waals surface area contributed by atoms with E-state index in [1.54, 1.807) is 6.07 Å². The molecule has 0 radical (unpaired) electrons. The molecule has 0 aliphatic carbocycles. The number of hydrogen-bond donors (Lipinski definition) is 1. The van der Waals surface area contributed by atoms with Crippen molar-refractivity contribution in [2.24, 2.45) is 0 Å². The molecule has 1 saturated heterocycles. The number of nitrogens with zero attached hydrogens (tertiary/aromatic N) is 2. The van der Waals surface area contributed by atoms with Crippen molar-refractivity contribution in [2.75, 3.05) is 37.6 Å². The minimum Gasteiger partial charge on any atom is -0.312 e. The summed E-state index contributed by atoms with van der Waals surface area (Å²) in [4.78, 5) is 18.5. The van der Waals surface area contributed by atoms with Gasteiger partial charge in [-0.25, -0.2) is 4.39 Å². The molecule has 142 valence electrons. The highest BCUT2D eigenvalue weighted by Crippen LogP contribution is 2.37. The molecule has 1 N–H and O–H groups in total. The third-order valence-corrected chi connectivity index (χ3v) is 6.15. The van der Waals surface area contributed by atoms with Crippen molar-refractivity contribution in [2.45, 2.75) is 29.2 Å². The van der Waals surface area contributed by atoms with Crippen LogP contribution in [0.1, 0.15) is 12.5 Å². The van der Waals surface area contributed by atoms with E-state index in [-0.39, 0.29) is 11.7 Å². The van der Waals surface area contributed by atoms with Crippen molar-refractivity contribution in [1.82, 2.24) is 10.2 Å². The van der Waals surface area contributed by atoms with E-state index in [1.807, 2.05) is 41.3 Å². The van der Waals surface area contributed by atoms with Gasteiger partial charge in [0.25, 0.3) is 0 Å². The number of anilines is 1. The summed E-state index contributed by atoms with van der Waals surface area (Å²) >= 11 is 1.40. The number of benzene rings is 2. The first kappa shape index (κ1) is 18.5. The van der Waals surface area contributed by atoms with Gasteiger partial charge in [-0.15, -0.1) is 0 Å². The Kier molecular flexibility index (Phi) is 5.48. The van der Waals surface area contributed by atoms with Crippen molar-refractivity contribution in [3.8, 4) is 0 Å². The lowest BCUT2D eigenvalue weighted by Crippen LogP contribution is -2.52. The van der Waals surface area contributed by atoms with Gasteiger partial charge in [-0.3, -0.25) is 9.69 Å². The highest BCUT2D eigenvalue weighted by Gasteiger charge is 2.28. The SMILES string of the molecule is C[C@@H]1CN(CC(=O)N2CCc3cc(F)c(Sc4ccccc4)cc32)CCN1. The maximum Gasteiger partial charge on any atom is 0.241 e. The average Bonchev–Trinajstić information content (AvgIpc) is 3.05. The maximum absolute atomic E-state index is 14.5. The number of hydrogen-bond acceptors (Lipinski definition) is 4. The van der Waals surface area contributed by atoms with Gasteiger partial charge in [-0.05, 0) is 43.2 Å². The highest BCUT2D eigenvalue weighted by atomic mass is 32.2. The van der Waals surface area contributed by atoms with E-state index in [0.717, 1.165) is 35.8 Å². The molecule has 1 atom stereocenters. The van der Waals surface area contributed by atoms with Crippen LogP contribution in [0.15, 0.2) is 52.3 Å². The van der Waals surface area contributed by atoms with E-state index >= 15 is 0 Å². The number of halogens is 1. The van der Waals surface area contributed by atoms with Crippen molar-refractivity contribution in [3.63, 3.8) is 0 Å². The molecule has 0 spiro atoms. The van der Waals surface area contributed by atoms with Crippen molar-refractivity contribution < 1.29 is 9.18 Å². The first-order valence-electron chi connectivity index (χ1n) is 9.41. The highest BCUT2D eigenvalue weighted by molar-refractivity contribution is 7.99. The number of piperazine rings is 1. The number of nitrogens with one attached hydrogen (secondary N) is 1. The van der Waals surface area contributed by atoms with Gasteiger partial charge in [0.15, 0.2) is 0 Å². The second kappa shape index (κ2) is 8.00. The Labute approximate surface area is 163 Å². The van der Waals surface area contributed by atoms with Crippen molar-refractivity contribution >= 4 is 23.4 Å².